The third-order valence-corrected chi connectivity index (χ3v) is 0. The minimum Gasteiger partial charge on any atom is -0.850 e. The van der Waals surface area contributed by atoms with E-state index in [0.29, 0.717) is 0 Å². The van der Waals surface area contributed by atoms with Gasteiger partial charge in [-0.05, 0) is 0 Å². The van der Waals surface area contributed by atoms with Gasteiger partial charge < -0.3 is 55.5 Å². The molecule has 4 nitrogen and oxygen atoms in total. The molecule has 0 aliphatic carbocycles. The second kappa shape index (κ2) is 14.3. The van der Waals surface area contributed by atoms with Crippen LogP contribution in [-0.4, -0.2) is 71.7 Å². The normalized spacial score (nSPS) is 9.08. The molecule has 0 aromatic rings. The van der Waals surface area contributed by atoms with Gasteiger partial charge in [0.1, 0.15) is 0 Å². The molecule has 0 atom stereocenters. The second-order valence-electron chi connectivity index (χ2n) is 0.894. The Morgan fingerprint density at radius 1 is 0.692 bits per heavy atom. The zero-order valence-electron chi connectivity index (χ0n) is 5.66. The van der Waals surface area contributed by atoms with Gasteiger partial charge in [-0.2, -0.15) is 23.6 Å². The Kier molecular flexibility index (Phi) is 33.4. The summed E-state index contributed by atoms with van der Waals surface area (Å²) in [7, 11) is 0. The molecule has 0 aromatic heterocycles. The van der Waals surface area contributed by atoms with E-state index >= 15 is 0 Å². The van der Waals surface area contributed by atoms with Gasteiger partial charge in [0, 0.05) is 0 Å². The van der Waals surface area contributed by atoms with E-state index in [-0.39, 0.29) is 71.7 Å². The van der Waals surface area contributed by atoms with Crippen molar-refractivity contribution >= 4 is 131 Å². The predicted molar refractivity (Wildman–Crippen MR) is 60.6 cm³/mol. The summed E-state index contributed by atoms with van der Waals surface area (Å²) in [5.74, 6) is 0. The van der Waals surface area contributed by atoms with Crippen molar-refractivity contribution in [2.45, 2.75) is 0 Å². The number of hydrogen-bond donors (Lipinski definition) is 0. The zero-order chi connectivity index (χ0) is 9.00. The van der Waals surface area contributed by atoms with Gasteiger partial charge in [0.05, 0.1) is 0 Å². The maximum atomic E-state index is 9.29. The molecule has 0 fully saturated rings. The van der Waals surface area contributed by atoms with E-state index in [1.54, 1.807) is 0 Å². The smallest absolute Gasteiger partial charge is 0.850 e. The zero-order valence-corrected chi connectivity index (χ0v) is 19.3. The summed E-state index contributed by atoms with van der Waals surface area (Å²) in [4.78, 5) is 37.2. The Bertz CT molecular complexity index is 138. The van der Waals surface area contributed by atoms with Crippen molar-refractivity contribution in [3.8, 4) is 0 Å². The van der Waals surface area contributed by atoms with Crippen molar-refractivity contribution in [3.05, 3.63) is 0 Å². The van der Waals surface area contributed by atoms with E-state index < -0.39 is 11.4 Å². The van der Waals surface area contributed by atoms with Gasteiger partial charge in [-0.15, -0.1) is 0 Å². The van der Waals surface area contributed by atoms with Gasteiger partial charge in [-0.3, -0.25) is 0 Å². The largest absolute Gasteiger partial charge is 2.00 e. The summed E-state index contributed by atoms with van der Waals surface area (Å²) >= 11 is 14.6. The first-order valence-corrected chi connectivity index (χ1v) is 8.76. The maximum Gasteiger partial charge on any atom is 2.00 e. The Labute approximate surface area is 148 Å². The van der Waals surface area contributed by atoms with Crippen molar-refractivity contribution in [2.75, 3.05) is 0 Å². The van der Waals surface area contributed by atoms with Gasteiger partial charge in [0.25, 0.3) is 0 Å². The van der Waals surface area contributed by atoms with Crippen LogP contribution < -0.4 is 19.6 Å². The average molecular weight is 610 g/mol. The molecule has 0 rings (SSSR count). The fourth-order valence-electron chi connectivity index (χ4n) is 0. The monoisotopic (exact) mass is 614 g/mol. The summed E-state index contributed by atoms with van der Waals surface area (Å²) in [6.45, 7) is 0. The number of hydrogen-bond acceptors (Lipinski definition) is 8. The van der Waals surface area contributed by atoms with Gasteiger partial charge in [0.2, 0.25) is 0 Å². The summed E-state index contributed by atoms with van der Waals surface area (Å²) in [6.07, 6.45) is 0. The molecule has 0 unspecified atom stereocenters. The molecule has 13 heavy (non-hydrogen) atoms. The van der Waals surface area contributed by atoms with E-state index in [1.807, 2.05) is 0 Å². The third kappa shape index (κ3) is 183. The fourth-order valence-corrected chi connectivity index (χ4v) is 0. The van der Waals surface area contributed by atoms with Gasteiger partial charge in [-0.1, -0.05) is 0 Å². The van der Waals surface area contributed by atoms with E-state index in [1.165, 1.54) is 0 Å². The van der Waals surface area contributed by atoms with Gasteiger partial charge >= 0.3 is 71.7 Å². The van der Waals surface area contributed by atoms with Crippen molar-refractivity contribution in [1.29, 1.82) is 0 Å². The maximum absolute atomic E-state index is 9.29. The van der Waals surface area contributed by atoms with Gasteiger partial charge in [-0.25, -0.2) is 0 Å². The Hall–Kier alpha value is 4.24. The van der Waals surface area contributed by atoms with Crippen LogP contribution in [0.15, 0.2) is 0 Å². The standard InChI is InChI=1S/2H3O2PS2.3Sn/c2*1-3(2,4)5;;;/h2*(H3,1,2,4,5);;;/q;;3*+2/p-6. The molecular formula is O4P2S4Sn3. The van der Waals surface area contributed by atoms with E-state index in [9.17, 15) is 19.6 Å². The van der Waals surface area contributed by atoms with Crippen LogP contribution in [0.3, 0.4) is 0 Å². The second-order valence-corrected chi connectivity index (χ2v) is 9.84. The summed E-state index contributed by atoms with van der Waals surface area (Å²) in [6, 6.07) is 0. The average Bonchev–Trinajstić information content (AvgIpc) is 1.12. The van der Waals surface area contributed by atoms with Gasteiger partial charge in [0.15, 0.2) is 0 Å². The van der Waals surface area contributed by atoms with Crippen LogP contribution in [0.25, 0.3) is 0 Å². The molecule has 0 aromatic carbocycles. The minimum atomic E-state index is -3.72. The van der Waals surface area contributed by atoms with E-state index in [4.69, 9.17) is 0 Å². The first kappa shape index (κ1) is 30.3. The number of rotatable bonds is 0. The fraction of sp³-hybridized carbons (Fsp3) is 0. The molecule has 0 amide bonds. The SMILES string of the molecule is [O-]P([O-])(=S)[S-].[O-]P([O-])(=S)[S-].[Sn+2].[Sn+2].[Sn+2]. The van der Waals surface area contributed by atoms with E-state index in [2.05, 4.69) is 48.1 Å². The molecule has 0 heterocycles. The minimum absolute atomic E-state index is 0. The molecule has 6 radical (unpaired) electrons. The molecule has 0 spiro atoms. The van der Waals surface area contributed by atoms with Crippen molar-refractivity contribution in [1.82, 2.24) is 0 Å². The van der Waals surface area contributed by atoms with Crippen molar-refractivity contribution in [3.63, 3.8) is 0 Å². The Morgan fingerprint density at radius 2 is 0.692 bits per heavy atom. The van der Waals surface area contributed by atoms with Crippen LogP contribution in [-0.2, 0) is 48.1 Å². The van der Waals surface area contributed by atoms with Crippen molar-refractivity contribution < 1.29 is 19.6 Å². The molecule has 0 aliphatic heterocycles. The van der Waals surface area contributed by atoms with E-state index in [0.717, 1.165) is 0 Å². The van der Waals surface area contributed by atoms with Crippen molar-refractivity contribution in [2.24, 2.45) is 0 Å². The van der Waals surface area contributed by atoms with Crippen LogP contribution in [0.1, 0.15) is 0 Å². The predicted octanol–water partition coefficient (Wildman–Crippen LogP) is -4.19. The molecule has 0 saturated carbocycles. The van der Waals surface area contributed by atoms with Crippen LogP contribution >= 0.6 is 11.4 Å². The molecule has 70 valence electrons. The summed E-state index contributed by atoms with van der Waals surface area (Å²) in [5, 5.41) is 0. The van der Waals surface area contributed by atoms with Crippen LogP contribution in [0.5, 0.6) is 0 Å². The molecule has 0 saturated heterocycles. The summed E-state index contributed by atoms with van der Waals surface area (Å²) < 4.78 is 0. The molecule has 0 N–H and O–H groups in total. The summed E-state index contributed by atoms with van der Waals surface area (Å²) in [5.41, 5.74) is -7.44. The molecule has 0 aliphatic rings. The molecule has 13 heteroatoms. The first-order valence-electron chi connectivity index (χ1n) is 1.46. The first-order chi connectivity index (χ1) is 4.00. The Morgan fingerprint density at radius 3 is 0.692 bits per heavy atom. The topological polar surface area (TPSA) is 92.2 Å². The van der Waals surface area contributed by atoms with Crippen LogP contribution in [0.2, 0.25) is 0 Å². The molecule has 0 bridgehead atoms. The third-order valence-electron chi connectivity index (χ3n) is 0. The quantitative estimate of drug-likeness (QED) is 0.155. The Balaban J connectivity index is -0.0000000267. The molecular weight excluding hydrogens is 610 g/mol. The van der Waals surface area contributed by atoms with Crippen LogP contribution in [0.4, 0.5) is 0 Å². The van der Waals surface area contributed by atoms with Crippen LogP contribution in [0, 0.1) is 0 Å².